The number of rotatable bonds is 5. The van der Waals surface area contributed by atoms with Crippen LogP contribution in [0.4, 0.5) is 0 Å². The van der Waals surface area contributed by atoms with Gasteiger partial charge >= 0.3 is 5.69 Å². The van der Waals surface area contributed by atoms with E-state index in [1.54, 1.807) is 11.8 Å². The molecule has 0 amide bonds. The van der Waals surface area contributed by atoms with Crippen LogP contribution in [-0.2, 0) is 10.5 Å². The van der Waals surface area contributed by atoms with Crippen LogP contribution in [0.15, 0.2) is 15.8 Å². The summed E-state index contributed by atoms with van der Waals surface area (Å²) in [5.74, 6) is 1.37. The molecule has 3 atom stereocenters. The topological polar surface area (TPSA) is 105 Å². The molecule has 0 saturated carbocycles. The molecule has 112 valence electrons. The number of hydrogen-bond donors (Lipinski definition) is 3. The summed E-state index contributed by atoms with van der Waals surface area (Å²) < 4.78 is 6.69. The summed E-state index contributed by atoms with van der Waals surface area (Å²) >= 11 is 1.57. The number of nitrogens with zero attached hydrogens (tertiary/aromatic N) is 1. The second-order valence-electron chi connectivity index (χ2n) is 4.57. The average Bonchev–Trinajstić information content (AvgIpc) is 2.79. The molecule has 0 spiro atoms. The Morgan fingerprint density at radius 1 is 1.55 bits per heavy atom. The maximum Gasteiger partial charge on any atom is 0.330 e. The fraction of sp³-hybridized carbons (Fsp3) is 0.667. The summed E-state index contributed by atoms with van der Waals surface area (Å²) in [5, 5.41) is 18.8. The number of hydrogen-bond acceptors (Lipinski definition) is 6. The van der Waals surface area contributed by atoms with E-state index >= 15 is 0 Å². The minimum atomic E-state index is -0.822. The molecule has 3 N–H and O–H groups in total. The Morgan fingerprint density at radius 2 is 2.30 bits per heavy atom. The Kier molecular flexibility index (Phi) is 5.03. The van der Waals surface area contributed by atoms with Crippen LogP contribution in [0.1, 0.15) is 25.1 Å². The van der Waals surface area contributed by atoms with Gasteiger partial charge in [-0.25, -0.2) is 4.79 Å². The van der Waals surface area contributed by atoms with Crippen molar-refractivity contribution in [2.45, 2.75) is 37.5 Å². The van der Waals surface area contributed by atoms with Crippen LogP contribution in [0.2, 0.25) is 0 Å². The normalized spacial score (nSPS) is 26.1. The SMILES string of the molecule is CCSCc1cn(C2CC(O)C(CO)O2)c(=O)[nH]c1=O. The third-order valence-corrected chi connectivity index (χ3v) is 4.12. The van der Waals surface area contributed by atoms with Crippen molar-refractivity contribution in [2.24, 2.45) is 0 Å². The zero-order valence-corrected chi connectivity index (χ0v) is 11.9. The summed E-state index contributed by atoms with van der Waals surface area (Å²) in [6.45, 7) is 1.67. The predicted octanol–water partition coefficient (Wildman–Crippen LogP) is -0.570. The molecule has 0 aromatic carbocycles. The molecular formula is C12H18N2O5S. The molecule has 0 aliphatic carbocycles. The van der Waals surface area contributed by atoms with Crippen molar-refractivity contribution in [3.05, 3.63) is 32.6 Å². The lowest BCUT2D eigenvalue weighted by atomic mass is 10.2. The van der Waals surface area contributed by atoms with E-state index in [-0.39, 0.29) is 13.0 Å². The lowest BCUT2D eigenvalue weighted by Gasteiger charge is -2.15. The van der Waals surface area contributed by atoms with Crippen molar-refractivity contribution in [2.75, 3.05) is 12.4 Å². The third kappa shape index (κ3) is 3.14. The quantitative estimate of drug-likeness (QED) is 0.673. The second-order valence-corrected chi connectivity index (χ2v) is 5.85. The average molecular weight is 302 g/mol. The zero-order chi connectivity index (χ0) is 14.7. The fourth-order valence-corrected chi connectivity index (χ4v) is 2.74. The number of H-pyrrole nitrogens is 1. The number of aromatic amines is 1. The molecule has 2 heterocycles. The molecule has 8 heteroatoms. The number of ether oxygens (including phenoxy) is 1. The molecule has 2 rings (SSSR count). The number of aliphatic hydroxyl groups excluding tert-OH is 2. The minimum absolute atomic E-state index is 0.206. The number of nitrogens with one attached hydrogen (secondary N) is 1. The zero-order valence-electron chi connectivity index (χ0n) is 11.1. The highest BCUT2D eigenvalue weighted by molar-refractivity contribution is 7.98. The monoisotopic (exact) mass is 302 g/mol. The molecule has 20 heavy (non-hydrogen) atoms. The Labute approximate surface area is 119 Å². The maximum atomic E-state index is 11.8. The summed E-state index contributed by atoms with van der Waals surface area (Å²) in [7, 11) is 0. The van der Waals surface area contributed by atoms with Crippen molar-refractivity contribution in [3.8, 4) is 0 Å². The van der Waals surface area contributed by atoms with Gasteiger partial charge in [-0.2, -0.15) is 11.8 Å². The maximum absolute atomic E-state index is 11.8. The van der Waals surface area contributed by atoms with Gasteiger partial charge in [0.2, 0.25) is 0 Å². The van der Waals surface area contributed by atoms with Crippen LogP contribution in [0.25, 0.3) is 0 Å². The molecule has 1 saturated heterocycles. The van der Waals surface area contributed by atoms with Gasteiger partial charge in [-0.05, 0) is 5.75 Å². The van der Waals surface area contributed by atoms with Gasteiger partial charge in [0.15, 0.2) is 0 Å². The van der Waals surface area contributed by atoms with E-state index in [4.69, 9.17) is 9.84 Å². The summed E-state index contributed by atoms with van der Waals surface area (Å²) in [4.78, 5) is 25.8. The van der Waals surface area contributed by atoms with E-state index in [1.807, 2.05) is 6.92 Å². The van der Waals surface area contributed by atoms with Crippen molar-refractivity contribution < 1.29 is 14.9 Å². The van der Waals surface area contributed by atoms with Crippen molar-refractivity contribution >= 4 is 11.8 Å². The molecule has 1 aromatic rings. The fourth-order valence-electron chi connectivity index (χ4n) is 2.11. The van der Waals surface area contributed by atoms with E-state index in [9.17, 15) is 14.7 Å². The summed E-state index contributed by atoms with van der Waals surface area (Å²) in [5.41, 5.74) is -0.484. The smallest absolute Gasteiger partial charge is 0.330 e. The second kappa shape index (κ2) is 6.57. The standard InChI is InChI=1S/C12H18N2O5S/c1-2-20-6-7-4-14(12(18)13-11(7)17)10-3-8(16)9(5-15)19-10/h4,8-10,15-16H,2-3,5-6H2,1H3,(H,13,17,18). The highest BCUT2D eigenvalue weighted by atomic mass is 32.2. The van der Waals surface area contributed by atoms with Crippen molar-refractivity contribution in [1.29, 1.82) is 0 Å². The summed E-state index contributed by atoms with van der Waals surface area (Å²) in [6.07, 6.45) is -0.514. The van der Waals surface area contributed by atoms with Gasteiger partial charge in [-0.15, -0.1) is 0 Å². The van der Waals surface area contributed by atoms with Crippen LogP contribution >= 0.6 is 11.8 Å². The first-order chi connectivity index (χ1) is 9.56. The Bertz CT molecular complexity index is 570. The van der Waals surface area contributed by atoms with Gasteiger partial charge in [0.05, 0.1) is 12.7 Å². The van der Waals surface area contributed by atoms with Gasteiger partial charge in [-0.1, -0.05) is 6.92 Å². The molecule has 1 aromatic heterocycles. The van der Waals surface area contributed by atoms with Crippen LogP contribution in [0.3, 0.4) is 0 Å². The van der Waals surface area contributed by atoms with E-state index in [0.29, 0.717) is 11.3 Å². The van der Waals surface area contributed by atoms with E-state index in [2.05, 4.69) is 4.98 Å². The molecule has 0 radical (unpaired) electrons. The molecule has 3 unspecified atom stereocenters. The lowest BCUT2D eigenvalue weighted by Crippen LogP contribution is -2.34. The summed E-state index contributed by atoms with van der Waals surface area (Å²) in [6, 6.07) is 0. The van der Waals surface area contributed by atoms with E-state index < -0.39 is 29.7 Å². The molecular weight excluding hydrogens is 284 g/mol. The molecule has 0 bridgehead atoms. The molecule has 7 nitrogen and oxygen atoms in total. The van der Waals surface area contributed by atoms with Gasteiger partial charge in [0.1, 0.15) is 12.3 Å². The highest BCUT2D eigenvalue weighted by Crippen LogP contribution is 2.27. The largest absolute Gasteiger partial charge is 0.394 e. The van der Waals surface area contributed by atoms with Gasteiger partial charge in [-0.3, -0.25) is 14.3 Å². The molecule has 1 aliphatic heterocycles. The van der Waals surface area contributed by atoms with Gasteiger partial charge in [0.25, 0.3) is 5.56 Å². The van der Waals surface area contributed by atoms with Gasteiger partial charge < -0.3 is 14.9 Å². The molecule has 1 aliphatic rings. The first-order valence-electron chi connectivity index (χ1n) is 6.43. The van der Waals surface area contributed by atoms with Gasteiger partial charge in [0, 0.05) is 23.9 Å². The predicted molar refractivity (Wildman–Crippen MR) is 74.8 cm³/mol. The first kappa shape index (κ1) is 15.3. The minimum Gasteiger partial charge on any atom is -0.394 e. The number of aromatic nitrogens is 2. The van der Waals surface area contributed by atoms with Crippen LogP contribution in [0, 0.1) is 0 Å². The van der Waals surface area contributed by atoms with E-state index in [0.717, 1.165) is 5.75 Å². The number of aliphatic hydroxyl groups is 2. The Balaban J connectivity index is 2.28. The van der Waals surface area contributed by atoms with Crippen LogP contribution < -0.4 is 11.2 Å². The number of thioether (sulfide) groups is 1. The molecule has 1 fully saturated rings. The van der Waals surface area contributed by atoms with E-state index in [1.165, 1.54) is 10.8 Å². The van der Waals surface area contributed by atoms with Crippen molar-refractivity contribution in [3.63, 3.8) is 0 Å². The highest BCUT2D eigenvalue weighted by Gasteiger charge is 2.35. The van der Waals surface area contributed by atoms with Crippen LogP contribution in [0.5, 0.6) is 0 Å². The van der Waals surface area contributed by atoms with Crippen molar-refractivity contribution in [1.82, 2.24) is 9.55 Å². The Hall–Kier alpha value is -1.09. The third-order valence-electron chi connectivity index (χ3n) is 3.20. The first-order valence-corrected chi connectivity index (χ1v) is 7.58. The lowest BCUT2D eigenvalue weighted by molar-refractivity contribution is -0.0459. The van der Waals surface area contributed by atoms with Crippen LogP contribution in [-0.4, -0.2) is 44.3 Å². The Morgan fingerprint density at radius 3 is 2.90 bits per heavy atom.